The summed E-state index contributed by atoms with van der Waals surface area (Å²) in [5, 5.41) is 6.70. The van der Waals surface area contributed by atoms with Gasteiger partial charge in [0.1, 0.15) is 24.2 Å². The Morgan fingerprint density at radius 3 is 2.37 bits per heavy atom. The summed E-state index contributed by atoms with van der Waals surface area (Å²) in [5.41, 5.74) is 5.75. The second-order valence-electron chi connectivity index (χ2n) is 8.40. The van der Waals surface area contributed by atoms with E-state index >= 15 is 0 Å². The molecular formula is C27H27BrFN3O3. The normalized spacial score (nSPS) is 11.9. The summed E-state index contributed by atoms with van der Waals surface area (Å²) < 4.78 is 19.7. The van der Waals surface area contributed by atoms with E-state index in [4.69, 9.17) is 4.74 Å². The SMILES string of the molecule is Cc1ccc(COc2ccc(C=NNC(=O)C(NC(=O)c3ccc(F)cc3)C(C)C)cc2Br)cc1. The van der Waals surface area contributed by atoms with Gasteiger partial charge < -0.3 is 10.1 Å². The molecule has 3 rings (SSSR count). The molecule has 0 heterocycles. The van der Waals surface area contributed by atoms with Gasteiger partial charge in [0.05, 0.1) is 10.7 Å². The zero-order valence-corrected chi connectivity index (χ0v) is 21.3. The summed E-state index contributed by atoms with van der Waals surface area (Å²) in [6, 6.07) is 17.9. The average Bonchev–Trinajstić information content (AvgIpc) is 2.83. The van der Waals surface area contributed by atoms with Crippen LogP contribution < -0.4 is 15.5 Å². The molecule has 1 unspecified atom stereocenters. The third-order valence-corrected chi connectivity index (χ3v) is 5.82. The maximum atomic E-state index is 13.1. The van der Waals surface area contributed by atoms with E-state index in [2.05, 4.69) is 31.8 Å². The zero-order valence-electron chi connectivity index (χ0n) is 19.7. The number of amides is 2. The van der Waals surface area contributed by atoms with Gasteiger partial charge in [0, 0.05) is 5.56 Å². The molecule has 0 saturated carbocycles. The summed E-state index contributed by atoms with van der Waals surface area (Å²) in [7, 11) is 0. The van der Waals surface area contributed by atoms with Crippen molar-refractivity contribution in [1.82, 2.24) is 10.7 Å². The number of hydrogen-bond donors (Lipinski definition) is 2. The molecule has 3 aromatic rings. The van der Waals surface area contributed by atoms with Crippen molar-refractivity contribution < 1.29 is 18.7 Å². The van der Waals surface area contributed by atoms with Crippen LogP contribution in [-0.4, -0.2) is 24.1 Å². The van der Waals surface area contributed by atoms with Gasteiger partial charge in [-0.15, -0.1) is 0 Å². The van der Waals surface area contributed by atoms with Crippen LogP contribution in [0.1, 0.15) is 40.9 Å². The lowest BCUT2D eigenvalue weighted by atomic mass is 10.0. The number of hydrogen-bond acceptors (Lipinski definition) is 4. The van der Waals surface area contributed by atoms with E-state index in [1.165, 1.54) is 36.0 Å². The van der Waals surface area contributed by atoms with Gasteiger partial charge >= 0.3 is 0 Å². The van der Waals surface area contributed by atoms with Gasteiger partial charge in [-0.25, -0.2) is 9.82 Å². The Hall–Kier alpha value is -3.52. The van der Waals surface area contributed by atoms with Crippen LogP contribution in [0.5, 0.6) is 5.75 Å². The van der Waals surface area contributed by atoms with E-state index in [0.717, 1.165) is 15.6 Å². The van der Waals surface area contributed by atoms with Crippen LogP contribution in [0.25, 0.3) is 0 Å². The zero-order chi connectivity index (χ0) is 25.4. The van der Waals surface area contributed by atoms with Gasteiger partial charge in [-0.3, -0.25) is 9.59 Å². The molecule has 0 aliphatic heterocycles. The van der Waals surface area contributed by atoms with Crippen LogP contribution in [-0.2, 0) is 11.4 Å². The van der Waals surface area contributed by atoms with Crippen LogP contribution in [0.2, 0.25) is 0 Å². The molecule has 8 heteroatoms. The van der Waals surface area contributed by atoms with Crippen LogP contribution in [0.4, 0.5) is 4.39 Å². The van der Waals surface area contributed by atoms with E-state index in [1.807, 2.05) is 63.2 Å². The van der Waals surface area contributed by atoms with Gasteiger partial charge in [0.15, 0.2) is 0 Å². The minimum absolute atomic E-state index is 0.186. The van der Waals surface area contributed by atoms with Crippen molar-refractivity contribution in [1.29, 1.82) is 0 Å². The van der Waals surface area contributed by atoms with Gasteiger partial charge in [0.25, 0.3) is 11.8 Å². The molecule has 0 aromatic heterocycles. The Morgan fingerprint density at radius 1 is 1.06 bits per heavy atom. The molecule has 0 saturated heterocycles. The molecule has 2 amide bonds. The van der Waals surface area contributed by atoms with Crippen LogP contribution in [0.15, 0.2) is 76.3 Å². The number of nitrogens with zero attached hydrogens (tertiary/aromatic N) is 1. The predicted molar refractivity (Wildman–Crippen MR) is 138 cm³/mol. The Morgan fingerprint density at radius 2 is 1.74 bits per heavy atom. The third kappa shape index (κ3) is 7.75. The smallest absolute Gasteiger partial charge is 0.262 e. The van der Waals surface area contributed by atoms with Crippen molar-refractivity contribution in [2.75, 3.05) is 0 Å². The number of nitrogens with one attached hydrogen (secondary N) is 2. The quantitative estimate of drug-likeness (QED) is 0.283. The highest BCUT2D eigenvalue weighted by molar-refractivity contribution is 9.10. The molecule has 0 fully saturated rings. The lowest BCUT2D eigenvalue weighted by molar-refractivity contribution is -0.123. The van der Waals surface area contributed by atoms with E-state index in [9.17, 15) is 14.0 Å². The number of hydrazone groups is 1. The first-order valence-corrected chi connectivity index (χ1v) is 11.9. The van der Waals surface area contributed by atoms with Gasteiger partial charge in [-0.05, 0) is 82.4 Å². The number of carbonyl (C=O) groups is 2. The largest absolute Gasteiger partial charge is 0.488 e. The van der Waals surface area contributed by atoms with E-state index in [0.29, 0.717) is 12.4 Å². The Kier molecular flexibility index (Phi) is 9.14. The lowest BCUT2D eigenvalue weighted by Crippen LogP contribution is -2.48. The topological polar surface area (TPSA) is 79.8 Å². The van der Waals surface area contributed by atoms with Crippen LogP contribution in [0, 0.1) is 18.7 Å². The van der Waals surface area contributed by atoms with Gasteiger partial charge in [-0.2, -0.15) is 5.10 Å². The summed E-state index contributed by atoms with van der Waals surface area (Å²) in [5.74, 6) is -0.854. The molecular weight excluding hydrogens is 513 g/mol. The van der Waals surface area contributed by atoms with Crippen molar-refractivity contribution >= 4 is 34.0 Å². The summed E-state index contributed by atoms with van der Waals surface area (Å²) in [4.78, 5) is 25.1. The molecule has 182 valence electrons. The molecule has 0 radical (unpaired) electrons. The van der Waals surface area contributed by atoms with Crippen molar-refractivity contribution in [3.05, 3.63) is 99.3 Å². The molecule has 0 aliphatic carbocycles. The summed E-state index contributed by atoms with van der Waals surface area (Å²) in [6.07, 6.45) is 1.51. The summed E-state index contributed by atoms with van der Waals surface area (Å²) >= 11 is 3.50. The molecule has 35 heavy (non-hydrogen) atoms. The summed E-state index contributed by atoms with van der Waals surface area (Å²) in [6.45, 7) is 6.11. The highest BCUT2D eigenvalue weighted by atomic mass is 79.9. The van der Waals surface area contributed by atoms with Crippen LogP contribution in [0.3, 0.4) is 0 Å². The number of carbonyl (C=O) groups excluding carboxylic acids is 2. The lowest BCUT2D eigenvalue weighted by Gasteiger charge is -2.20. The first-order valence-electron chi connectivity index (χ1n) is 11.1. The number of rotatable bonds is 9. The maximum Gasteiger partial charge on any atom is 0.262 e. The highest BCUT2D eigenvalue weighted by Gasteiger charge is 2.24. The minimum Gasteiger partial charge on any atom is -0.488 e. The second-order valence-corrected chi connectivity index (χ2v) is 9.25. The minimum atomic E-state index is -0.811. The van der Waals surface area contributed by atoms with Crippen LogP contribution >= 0.6 is 15.9 Å². The third-order valence-electron chi connectivity index (χ3n) is 5.20. The Balaban J connectivity index is 1.56. The highest BCUT2D eigenvalue weighted by Crippen LogP contribution is 2.26. The van der Waals surface area contributed by atoms with Crippen molar-refractivity contribution in [3.8, 4) is 5.75 Å². The second kappa shape index (κ2) is 12.3. The number of aryl methyl sites for hydroxylation is 1. The molecule has 0 aliphatic rings. The van der Waals surface area contributed by atoms with Gasteiger partial charge in [0.2, 0.25) is 0 Å². The fraction of sp³-hybridized carbons (Fsp3) is 0.222. The predicted octanol–water partition coefficient (Wildman–Crippen LogP) is 5.38. The Bertz CT molecular complexity index is 1200. The monoisotopic (exact) mass is 539 g/mol. The fourth-order valence-corrected chi connectivity index (χ4v) is 3.67. The fourth-order valence-electron chi connectivity index (χ4n) is 3.16. The van der Waals surface area contributed by atoms with Gasteiger partial charge in [-0.1, -0.05) is 43.7 Å². The number of benzene rings is 3. The molecule has 0 spiro atoms. The maximum absolute atomic E-state index is 13.1. The molecule has 6 nitrogen and oxygen atoms in total. The van der Waals surface area contributed by atoms with Crippen molar-refractivity contribution in [3.63, 3.8) is 0 Å². The van der Waals surface area contributed by atoms with Crippen molar-refractivity contribution in [2.24, 2.45) is 11.0 Å². The molecule has 3 aromatic carbocycles. The number of ether oxygens (including phenoxy) is 1. The average molecular weight is 540 g/mol. The molecule has 1 atom stereocenters. The molecule has 0 bridgehead atoms. The Labute approximate surface area is 212 Å². The van der Waals surface area contributed by atoms with E-state index in [-0.39, 0.29) is 11.5 Å². The standard InChI is InChI=1S/C27H27BrFN3O3/c1-17(2)25(31-26(33)21-9-11-22(29)12-10-21)27(34)32-30-15-20-8-13-24(23(28)14-20)35-16-19-6-4-18(3)5-7-19/h4-15,17,25H,16H2,1-3H3,(H,31,33)(H,32,34). The van der Waals surface area contributed by atoms with E-state index < -0.39 is 23.7 Å². The molecule has 2 N–H and O–H groups in total. The first-order chi connectivity index (χ1) is 16.7. The first kappa shape index (κ1) is 26.1. The van der Waals surface area contributed by atoms with E-state index in [1.54, 1.807) is 0 Å². The number of halogens is 2. The van der Waals surface area contributed by atoms with Crippen molar-refractivity contribution in [2.45, 2.75) is 33.4 Å².